The summed E-state index contributed by atoms with van der Waals surface area (Å²) >= 11 is 0. The monoisotopic (exact) mass is 230 g/mol. The van der Waals surface area contributed by atoms with Gasteiger partial charge in [-0.2, -0.15) is 0 Å². The predicted octanol–water partition coefficient (Wildman–Crippen LogP) is 0.904. The minimum Gasteiger partial charge on any atom is -0.384 e. The zero-order chi connectivity index (χ0) is 12.3. The van der Waals surface area contributed by atoms with E-state index in [1.807, 2.05) is 34.6 Å². The van der Waals surface area contributed by atoms with E-state index in [0.717, 1.165) is 0 Å². The number of aliphatic hydroxyl groups is 2. The lowest BCUT2D eigenvalue weighted by Crippen LogP contribution is -2.57. The van der Waals surface area contributed by atoms with Gasteiger partial charge >= 0.3 is 0 Å². The fraction of sp³-hybridized carbons (Fsp3) is 1.00. The van der Waals surface area contributed by atoms with Crippen molar-refractivity contribution in [3.05, 3.63) is 0 Å². The Kier molecular flexibility index (Phi) is 2.63. The molecule has 0 spiro atoms. The molecule has 0 aromatic carbocycles. The summed E-state index contributed by atoms with van der Waals surface area (Å²) in [5.74, 6) is -0.0907. The van der Waals surface area contributed by atoms with E-state index >= 15 is 0 Å². The summed E-state index contributed by atoms with van der Waals surface area (Å²) in [6.45, 7) is 9.55. The van der Waals surface area contributed by atoms with Gasteiger partial charge in [-0.3, -0.25) is 0 Å². The quantitative estimate of drug-likeness (QED) is 0.703. The smallest absolute Gasteiger partial charge is 0.160 e. The van der Waals surface area contributed by atoms with Crippen LogP contribution in [0.3, 0.4) is 0 Å². The van der Waals surface area contributed by atoms with Crippen molar-refractivity contribution in [2.75, 3.05) is 0 Å². The standard InChI is InChI=1S/C12H22O4/c1-6(2)12(14)9-8(16-11(12,4)5)7(3)10(13)15-9/h6-10,13-14H,1-5H3/t7-,8+,9-,10?,12-/m0/s1. The number of rotatable bonds is 1. The number of fused-ring (bicyclic) bond motifs is 1. The Balaban J connectivity index is 2.37. The van der Waals surface area contributed by atoms with Gasteiger partial charge in [-0.25, -0.2) is 0 Å². The molecule has 0 aromatic heterocycles. The van der Waals surface area contributed by atoms with Crippen molar-refractivity contribution in [3.63, 3.8) is 0 Å². The third kappa shape index (κ3) is 1.30. The molecule has 0 aliphatic carbocycles. The van der Waals surface area contributed by atoms with Crippen LogP contribution in [0.5, 0.6) is 0 Å². The molecule has 2 rings (SSSR count). The van der Waals surface area contributed by atoms with Crippen LogP contribution in [0.4, 0.5) is 0 Å². The van der Waals surface area contributed by atoms with Gasteiger partial charge in [-0.1, -0.05) is 20.8 Å². The van der Waals surface area contributed by atoms with Gasteiger partial charge < -0.3 is 19.7 Å². The summed E-state index contributed by atoms with van der Waals surface area (Å²) < 4.78 is 11.4. The minimum absolute atomic E-state index is 0.00926. The highest BCUT2D eigenvalue weighted by Crippen LogP contribution is 2.51. The molecule has 94 valence electrons. The Labute approximate surface area is 96.6 Å². The summed E-state index contributed by atoms with van der Waals surface area (Å²) in [5, 5.41) is 20.5. The Morgan fingerprint density at radius 1 is 1.25 bits per heavy atom. The fourth-order valence-corrected chi connectivity index (χ4v) is 3.11. The van der Waals surface area contributed by atoms with Gasteiger partial charge in [0.15, 0.2) is 6.29 Å². The van der Waals surface area contributed by atoms with E-state index in [9.17, 15) is 10.2 Å². The van der Waals surface area contributed by atoms with Crippen LogP contribution in [0, 0.1) is 11.8 Å². The molecular weight excluding hydrogens is 208 g/mol. The second-order valence-corrected chi connectivity index (χ2v) is 5.88. The third-order valence-corrected chi connectivity index (χ3v) is 4.26. The van der Waals surface area contributed by atoms with Crippen LogP contribution >= 0.6 is 0 Å². The topological polar surface area (TPSA) is 58.9 Å². The molecule has 0 aromatic rings. The molecule has 4 heteroatoms. The maximum absolute atomic E-state index is 10.8. The molecule has 2 aliphatic rings. The Morgan fingerprint density at radius 3 is 2.31 bits per heavy atom. The molecule has 0 radical (unpaired) electrons. The molecule has 2 fully saturated rings. The van der Waals surface area contributed by atoms with Crippen molar-refractivity contribution in [1.29, 1.82) is 0 Å². The van der Waals surface area contributed by atoms with Crippen LogP contribution in [0.1, 0.15) is 34.6 Å². The maximum atomic E-state index is 10.8. The number of ether oxygens (including phenoxy) is 2. The molecule has 0 bridgehead atoms. The number of hydrogen-bond acceptors (Lipinski definition) is 4. The van der Waals surface area contributed by atoms with Crippen molar-refractivity contribution in [1.82, 2.24) is 0 Å². The minimum atomic E-state index is -1.05. The first-order chi connectivity index (χ1) is 7.22. The highest BCUT2D eigenvalue weighted by atomic mass is 16.7. The number of aliphatic hydroxyl groups excluding tert-OH is 1. The summed E-state index contributed by atoms with van der Waals surface area (Å²) in [7, 11) is 0. The van der Waals surface area contributed by atoms with Gasteiger partial charge in [0.1, 0.15) is 11.7 Å². The molecule has 5 atom stereocenters. The van der Waals surface area contributed by atoms with Crippen molar-refractivity contribution < 1.29 is 19.7 Å². The van der Waals surface area contributed by atoms with Crippen molar-refractivity contribution >= 4 is 0 Å². The Hall–Kier alpha value is -0.160. The maximum Gasteiger partial charge on any atom is 0.160 e. The summed E-state index contributed by atoms with van der Waals surface area (Å²) in [6.07, 6.45) is -1.50. The molecule has 16 heavy (non-hydrogen) atoms. The van der Waals surface area contributed by atoms with Crippen molar-refractivity contribution in [2.24, 2.45) is 11.8 Å². The van der Waals surface area contributed by atoms with E-state index in [1.54, 1.807) is 0 Å². The molecule has 1 unspecified atom stereocenters. The second-order valence-electron chi connectivity index (χ2n) is 5.88. The zero-order valence-electron chi connectivity index (χ0n) is 10.6. The van der Waals surface area contributed by atoms with Crippen LogP contribution in [-0.2, 0) is 9.47 Å². The second kappa shape index (κ2) is 3.42. The summed E-state index contributed by atoms with van der Waals surface area (Å²) in [4.78, 5) is 0. The first-order valence-electron chi connectivity index (χ1n) is 5.95. The first kappa shape index (κ1) is 12.3. The normalized spacial score (nSPS) is 51.0. The lowest BCUT2D eigenvalue weighted by Gasteiger charge is -2.41. The van der Waals surface area contributed by atoms with Gasteiger partial charge in [-0.05, 0) is 19.8 Å². The Bertz CT molecular complexity index is 289. The van der Waals surface area contributed by atoms with Crippen LogP contribution in [0.2, 0.25) is 0 Å². The molecule has 2 N–H and O–H groups in total. The van der Waals surface area contributed by atoms with Crippen LogP contribution in [0.15, 0.2) is 0 Å². The molecule has 0 saturated carbocycles. The van der Waals surface area contributed by atoms with E-state index in [-0.39, 0.29) is 17.9 Å². The predicted molar refractivity (Wildman–Crippen MR) is 58.8 cm³/mol. The average molecular weight is 230 g/mol. The molecule has 2 aliphatic heterocycles. The van der Waals surface area contributed by atoms with Gasteiger partial charge in [0.2, 0.25) is 0 Å². The van der Waals surface area contributed by atoms with Gasteiger partial charge in [0.05, 0.1) is 11.7 Å². The molecule has 2 saturated heterocycles. The van der Waals surface area contributed by atoms with E-state index in [1.165, 1.54) is 0 Å². The average Bonchev–Trinajstić information content (AvgIpc) is 2.53. The van der Waals surface area contributed by atoms with Gasteiger partial charge in [0, 0.05) is 5.92 Å². The van der Waals surface area contributed by atoms with E-state index in [4.69, 9.17) is 9.47 Å². The van der Waals surface area contributed by atoms with Crippen LogP contribution in [-0.4, -0.2) is 39.9 Å². The molecule has 0 amide bonds. The van der Waals surface area contributed by atoms with Crippen molar-refractivity contribution in [2.45, 2.75) is 64.3 Å². The first-order valence-corrected chi connectivity index (χ1v) is 5.95. The largest absolute Gasteiger partial charge is 0.384 e. The van der Waals surface area contributed by atoms with E-state index in [0.29, 0.717) is 0 Å². The lowest BCUT2D eigenvalue weighted by molar-refractivity contribution is -0.208. The van der Waals surface area contributed by atoms with E-state index < -0.39 is 23.6 Å². The highest BCUT2D eigenvalue weighted by Gasteiger charge is 2.67. The molecular formula is C12H22O4. The Morgan fingerprint density at radius 2 is 1.81 bits per heavy atom. The lowest BCUT2D eigenvalue weighted by atomic mass is 9.74. The summed E-state index contributed by atoms with van der Waals surface area (Å²) in [5.41, 5.74) is -1.70. The summed E-state index contributed by atoms with van der Waals surface area (Å²) in [6, 6.07) is 0. The van der Waals surface area contributed by atoms with Crippen LogP contribution < -0.4 is 0 Å². The van der Waals surface area contributed by atoms with E-state index in [2.05, 4.69) is 0 Å². The number of hydrogen-bond donors (Lipinski definition) is 2. The van der Waals surface area contributed by atoms with Crippen molar-refractivity contribution in [3.8, 4) is 0 Å². The fourth-order valence-electron chi connectivity index (χ4n) is 3.11. The SMILES string of the molecule is CC(C)[C@]1(O)[C@H]2OC(O)[C@@H](C)[C@H]2OC1(C)C. The van der Waals surface area contributed by atoms with Crippen LogP contribution in [0.25, 0.3) is 0 Å². The zero-order valence-corrected chi connectivity index (χ0v) is 10.6. The molecule has 2 heterocycles. The third-order valence-electron chi connectivity index (χ3n) is 4.26. The van der Waals surface area contributed by atoms with Gasteiger partial charge in [0.25, 0.3) is 0 Å². The van der Waals surface area contributed by atoms with Gasteiger partial charge in [-0.15, -0.1) is 0 Å². The highest BCUT2D eigenvalue weighted by molar-refractivity contribution is 5.14. The molecule has 4 nitrogen and oxygen atoms in total.